The number of hydrazone groups is 1. The van der Waals surface area contributed by atoms with Crippen LogP contribution >= 0.6 is 11.8 Å². The van der Waals surface area contributed by atoms with Crippen LogP contribution in [0.3, 0.4) is 0 Å². The Kier molecular flexibility index (Phi) is 6.59. The van der Waals surface area contributed by atoms with Gasteiger partial charge in [-0.1, -0.05) is 18.2 Å². The molecule has 1 aromatic heterocycles. The number of benzene rings is 2. The van der Waals surface area contributed by atoms with Crippen LogP contribution in [0.1, 0.15) is 23.6 Å². The van der Waals surface area contributed by atoms with E-state index in [2.05, 4.69) is 15.1 Å². The second kappa shape index (κ2) is 10.1. The molecule has 0 bridgehead atoms. The molecule has 3 heterocycles. The number of pyridine rings is 1. The number of nitrogens with zero attached hydrogens (tertiary/aromatic N) is 4. The van der Waals surface area contributed by atoms with Gasteiger partial charge in [-0.3, -0.25) is 15.2 Å². The van der Waals surface area contributed by atoms with Gasteiger partial charge in [-0.2, -0.15) is 15.1 Å². The average molecular weight is 502 g/mol. The van der Waals surface area contributed by atoms with Crippen molar-refractivity contribution in [3.8, 4) is 11.5 Å². The van der Waals surface area contributed by atoms with Crippen LogP contribution < -0.4 is 9.47 Å². The number of amidine groups is 2. The summed E-state index contributed by atoms with van der Waals surface area (Å²) in [6.45, 7) is 2.51. The number of ether oxygens (including phenoxy) is 2. The predicted molar refractivity (Wildman–Crippen MR) is 137 cm³/mol. The molecule has 0 spiro atoms. The molecule has 2 aliphatic heterocycles. The van der Waals surface area contributed by atoms with Crippen molar-refractivity contribution in [1.82, 2.24) is 9.99 Å². The molecule has 0 aliphatic carbocycles. The number of halogens is 1. The number of hydrogen-bond donors (Lipinski definition) is 1. The number of fused-ring (bicyclic) bond motifs is 1. The SMILES string of the molecule is CCOc1cc(C=C2C(=N)N3N=C(c4cccnc4)SC3=NC2=O)ccc1OCc1ccc(F)cc1. The van der Waals surface area contributed by atoms with Crippen molar-refractivity contribution in [2.75, 3.05) is 6.61 Å². The normalized spacial score (nSPS) is 16.1. The monoisotopic (exact) mass is 501 g/mol. The number of carbonyl (C=O) groups is 1. The molecule has 5 rings (SSSR count). The van der Waals surface area contributed by atoms with E-state index < -0.39 is 5.91 Å². The maximum absolute atomic E-state index is 13.1. The smallest absolute Gasteiger partial charge is 0.283 e. The van der Waals surface area contributed by atoms with Gasteiger partial charge in [0.25, 0.3) is 5.91 Å². The molecule has 180 valence electrons. The van der Waals surface area contributed by atoms with E-state index in [1.54, 1.807) is 54.9 Å². The summed E-state index contributed by atoms with van der Waals surface area (Å²) in [5.74, 6) is 0.107. The van der Waals surface area contributed by atoms with Crippen molar-refractivity contribution in [3.63, 3.8) is 0 Å². The number of aromatic nitrogens is 1. The third kappa shape index (κ3) is 4.89. The van der Waals surface area contributed by atoms with Gasteiger partial charge in [-0.05, 0) is 72.3 Å². The van der Waals surface area contributed by atoms with E-state index in [1.807, 2.05) is 13.0 Å². The molecule has 0 saturated carbocycles. The van der Waals surface area contributed by atoms with E-state index >= 15 is 0 Å². The fourth-order valence-corrected chi connectivity index (χ4v) is 4.39. The summed E-state index contributed by atoms with van der Waals surface area (Å²) in [4.78, 5) is 21.0. The van der Waals surface area contributed by atoms with Crippen LogP contribution in [0.5, 0.6) is 11.5 Å². The predicted octanol–water partition coefficient (Wildman–Crippen LogP) is 4.87. The molecule has 0 unspecified atom stereocenters. The summed E-state index contributed by atoms with van der Waals surface area (Å²) >= 11 is 1.22. The standard InChI is InChI=1S/C26H20FN5O3S/c1-2-34-22-13-17(7-10-21(22)35-15-16-5-8-19(27)9-6-16)12-20-23(28)32-26(30-24(20)33)36-25(31-32)18-4-3-11-29-14-18/h3-14,28H,2,15H2,1H3. The Morgan fingerprint density at radius 1 is 1.11 bits per heavy atom. The molecule has 3 aromatic rings. The van der Waals surface area contributed by atoms with Crippen molar-refractivity contribution >= 4 is 39.8 Å². The Morgan fingerprint density at radius 3 is 2.69 bits per heavy atom. The number of nitrogens with one attached hydrogen (secondary N) is 1. The van der Waals surface area contributed by atoms with Crippen molar-refractivity contribution in [2.45, 2.75) is 13.5 Å². The first kappa shape index (κ1) is 23.4. The summed E-state index contributed by atoms with van der Waals surface area (Å²) in [5.41, 5.74) is 2.35. The first-order valence-corrected chi connectivity index (χ1v) is 11.9. The van der Waals surface area contributed by atoms with Crippen LogP contribution in [0.25, 0.3) is 6.08 Å². The van der Waals surface area contributed by atoms with Crippen molar-refractivity contribution in [2.24, 2.45) is 10.1 Å². The number of thioether (sulfide) groups is 1. The number of rotatable bonds is 7. The Balaban J connectivity index is 1.38. The molecule has 1 amide bonds. The first-order valence-electron chi connectivity index (χ1n) is 11.1. The van der Waals surface area contributed by atoms with Crippen LogP contribution in [0.2, 0.25) is 0 Å². The molecule has 2 aromatic carbocycles. The van der Waals surface area contributed by atoms with Gasteiger partial charge in [0.2, 0.25) is 5.17 Å². The highest BCUT2D eigenvalue weighted by Crippen LogP contribution is 2.33. The highest BCUT2D eigenvalue weighted by Gasteiger charge is 2.36. The highest BCUT2D eigenvalue weighted by atomic mass is 32.2. The fraction of sp³-hybridized carbons (Fsp3) is 0.115. The van der Waals surface area contributed by atoms with Crippen LogP contribution in [0.15, 0.2) is 82.7 Å². The third-order valence-electron chi connectivity index (χ3n) is 5.25. The molecule has 8 nitrogen and oxygen atoms in total. The van der Waals surface area contributed by atoms with Crippen molar-refractivity contribution < 1.29 is 18.7 Å². The Labute approximate surface area is 210 Å². The van der Waals surface area contributed by atoms with Crippen molar-refractivity contribution in [1.29, 1.82) is 5.41 Å². The molecular formula is C26H20FN5O3S. The summed E-state index contributed by atoms with van der Waals surface area (Å²) in [7, 11) is 0. The van der Waals surface area contributed by atoms with Gasteiger partial charge in [-0.15, -0.1) is 0 Å². The van der Waals surface area contributed by atoms with E-state index in [0.717, 1.165) is 11.1 Å². The van der Waals surface area contributed by atoms with Crippen LogP contribution in [-0.2, 0) is 11.4 Å². The van der Waals surface area contributed by atoms with Crippen molar-refractivity contribution in [3.05, 3.63) is 95.1 Å². The summed E-state index contributed by atoms with van der Waals surface area (Å²) in [5, 5.41) is 15.4. The minimum Gasteiger partial charge on any atom is -0.490 e. The number of carbonyl (C=O) groups excluding carboxylic acids is 1. The summed E-state index contributed by atoms with van der Waals surface area (Å²) in [6.07, 6.45) is 4.91. The number of aliphatic imine (C=N–C) groups is 1. The molecule has 0 radical (unpaired) electrons. The lowest BCUT2D eigenvalue weighted by molar-refractivity contribution is -0.114. The van der Waals surface area contributed by atoms with E-state index in [4.69, 9.17) is 14.9 Å². The largest absolute Gasteiger partial charge is 0.490 e. The zero-order valence-corrected chi connectivity index (χ0v) is 20.0. The lowest BCUT2D eigenvalue weighted by Crippen LogP contribution is -2.35. The van der Waals surface area contributed by atoms with Gasteiger partial charge in [-0.25, -0.2) is 4.39 Å². The van der Waals surface area contributed by atoms with Gasteiger partial charge < -0.3 is 9.47 Å². The lowest BCUT2D eigenvalue weighted by atomic mass is 10.1. The van der Waals surface area contributed by atoms with Gasteiger partial charge in [0, 0.05) is 18.0 Å². The summed E-state index contributed by atoms with van der Waals surface area (Å²) < 4.78 is 24.8. The number of amides is 1. The molecule has 0 fully saturated rings. The Bertz CT molecular complexity index is 1420. The number of hydrogen-bond acceptors (Lipinski definition) is 7. The molecule has 2 aliphatic rings. The minimum absolute atomic E-state index is 0.0639. The van der Waals surface area contributed by atoms with Gasteiger partial charge in [0.05, 0.1) is 12.2 Å². The Morgan fingerprint density at radius 2 is 1.94 bits per heavy atom. The zero-order valence-electron chi connectivity index (χ0n) is 19.1. The summed E-state index contributed by atoms with van der Waals surface area (Å²) in [6, 6.07) is 14.9. The molecule has 36 heavy (non-hydrogen) atoms. The average Bonchev–Trinajstić information content (AvgIpc) is 3.32. The minimum atomic E-state index is -0.518. The topological polar surface area (TPSA) is 100 Å². The van der Waals surface area contributed by atoms with Crippen LogP contribution in [0.4, 0.5) is 4.39 Å². The second-order valence-corrected chi connectivity index (χ2v) is 8.68. The quantitative estimate of drug-likeness (QED) is 0.464. The molecule has 1 N–H and O–H groups in total. The van der Waals surface area contributed by atoms with E-state index in [1.165, 1.54) is 28.9 Å². The maximum atomic E-state index is 13.1. The third-order valence-corrected chi connectivity index (χ3v) is 6.21. The molecule has 10 heteroatoms. The zero-order chi connectivity index (χ0) is 25.1. The molecular weight excluding hydrogens is 481 g/mol. The lowest BCUT2D eigenvalue weighted by Gasteiger charge is -2.20. The maximum Gasteiger partial charge on any atom is 0.283 e. The Hall–Kier alpha value is -4.31. The van der Waals surface area contributed by atoms with E-state index in [9.17, 15) is 9.18 Å². The molecule has 0 saturated heterocycles. The first-order chi connectivity index (χ1) is 17.5. The van der Waals surface area contributed by atoms with Crippen LogP contribution in [0, 0.1) is 11.2 Å². The molecule has 0 atom stereocenters. The van der Waals surface area contributed by atoms with Crippen LogP contribution in [-0.4, -0.2) is 38.6 Å². The highest BCUT2D eigenvalue weighted by molar-refractivity contribution is 8.27. The van der Waals surface area contributed by atoms with Gasteiger partial charge >= 0.3 is 0 Å². The fourth-order valence-electron chi connectivity index (χ4n) is 3.51. The van der Waals surface area contributed by atoms with E-state index in [0.29, 0.717) is 33.9 Å². The van der Waals surface area contributed by atoms with Gasteiger partial charge in [0.15, 0.2) is 17.3 Å². The van der Waals surface area contributed by atoms with E-state index in [-0.39, 0.29) is 23.8 Å². The second-order valence-electron chi connectivity index (χ2n) is 7.72. The van der Waals surface area contributed by atoms with Gasteiger partial charge in [0.1, 0.15) is 17.5 Å².